The van der Waals surface area contributed by atoms with Gasteiger partial charge in [0.25, 0.3) is 0 Å². The Morgan fingerprint density at radius 3 is 2.75 bits per heavy atom. The van der Waals surface area contributed by atoms with Crippen LogP contribution in [-0.2, 0) is 9.53 Å². The number of carbonyl (C=O) groups excluding carboxylic acids is 1. The van der Waals surface area contributed by atoms with E-state index in [0.717, 1.165) is 11.3 Å². The van der Waals surface area contributed by atoms with Crippen LogP contribution >= 0.6 is 11.8 Å². The molecule has 1 saturated heterocycles. The van der Waals surface area contributed by atoms with Crippen molar-refractivity contribution in [2.75, 3.05) is 39.2 Å². The van der Waals surface area contributed by atoms with Crippen LogP contribution in [0.15, 0.2) is 24.3 Å². The molecule has 1 fully saturated rings. The van der Waals surface area contributed by atoms with Gasteiger partial charge < -0.3 is 19.5 Å². The van der Waals surface area contributed by atoms with E-state index in [1.807, 2.05) is 29.2 Å². The van der Waals surface area contributed by atoms with Gasteiger partial charge in [0.15, 0.2) is 0 Å². The fourth-order valence-corrected chi connectivity index (χ4v) is 3.29. The Morgan fingerprint density at radius 1 is 1.35 bits per heavy atom. The number of carbonyl (C=O) groups is 1. The number of benzene rings is 1. The molecular weight excluding hydrogens is 278 g/mol. The van der Waals surface area contributed by atoms with Gasteiger partial charge >= 0.3 is 0 Å². The van der Waals surface area contributed by atoms with E-state index >= 15 is 0 Å². The molecule has 6 heteroatoms. The molecule has 1 N–H and O–H groups in total. The van der Waals surface area contributed by atoms with Crippen LogP contribution in [0.25, 0.3) is 0 Å². The largest absolute Gasteiger partial charge is 0.497 e. The highest BCUT2D eigenvalue weighted by Gasteiger charge is 2.32. The van der Waals surface area contributed by atoms with Crippen molar-refractivity contribution in [1.29, 1.82) is 0 Å². The quantitative estimate of drug-likeness (QED) is 0.768. The number of hydrogen-bond donors (Lipinski definition) is 1. The number of aliphatic hydroxyl groups is 1. The monoisotopic (exact) mass is 297 g/mol. The molecule has 110 valence electrons. The Morgan fingerprint density at radius 2 is 2.10 bits per heavy atom. The van der Waals surface area contributed by atoms with Gasteiger partial charge in [-0.2, -0.15) is 0 Å². The van der Waals surface area contributed by atoms with Gasteiger partial charge in [-0.05, 0) is 17.7 Å². The molecule has 0 spiro atoms. The van der Waals surface area contributed by atoms with Crippen LogP contribution in [-0.4, -0.2) is 55.1 Å². The smallest absolute Gasteiger partial charge is 0.233 e. The van der Waals surface area contributed by atoms with Crippen LogP contribution in [0, 0.1) is 0 Å². The Hall–Kier alpha value is -1.24. The molecule has 1 amide bonds. The first kappa shape index (κ1) is 15.2. The molecular formula is C14H19NO4S. The van der Waals surface area contributed by atoms with Crippen molar-refractivity contribution in [2.45, 2.75) is 5.37 Å². The summed E-state index contributed by atoms with van der Waals surface area (Å²) >= 11 is 1.62. The van der Waals surface area contributed by atoms with Gasteiger partial charge in [-0.3, -0.25) is 4.79 Å². The molecule has 1 atom stereocenters. The predicted molar refractivity (Wildman–Crippen MR) is 77.8 cm³/mol. The van der Waals surface area contributed by atoms with E-state index in [2.05, 4.69) is 0 Å². The fraction of sp³-hybridized carbons (Fsp3) is 0.500. The number of amides is 1. The molecule has 1 heterocycles. The summed E-state index contributed by atoms with van der Waals surface area (Å²) in [7, 11) is 1.63. The highest BCUT2D eigenvalue weighted by atomic mass is 32.2. The maximum atomic E-state index is 11.9. The van der Waals surface area contributed by atoms with E-state index in [9.17, 15) is 4.79 Å². The van der Waals surface area contributed by atoms with Crippen LogP contribution in [0.5, 0.6) is 5.75 Å². The van der Waals surface area contributed by atoms with Crippen molar-refractivity contribution >= 4 is 17.7 Å². The third-order valence-electron chi connectivity index (χ3n) is 3.08. The molecule has 1 aromatic rings. The number of thioether (sulfide) groups is 1. The summed E-state index contributed by atoms with van der Waals surface area (Å²) in [6.45, 7) is 1.30. The zero-order valence-electron chi connectivity index (χ0n) is 11.4. The summed E-state index contributed by atoms with van der Waals surface area (Å²) in [5.41, 5.74) is 1.09. The Balaban J connectivity index is 1.99. The zero-order chi connectivity index (χ0) is 14.4. The van der Waals surface area contributed by atoms with E-state index in [0.29, 0.717) is 25.5 Å². The highest BCUT2D eigenvalue weighted by molar-refractivity contribution is 8.00. The van der Waals surface area contributed by atoms with E-state index in [1.54, 1.807) is 18.9 Å². The SMILES string of the molecule is COc1ccc(C2SCC(=O)N2CCOCCO)cc1. The Kier molecular flexibility index (Phi) is 5.70. The number of methoxy groups -OCH3 is 1. The average Bonchev–Trinajstić information content (AvgIpc) is 2.85. The van der Waals surface area contributed by atoms with E-state index in [1.165, 1.54) is 0 Å². The topological polar surface area (TPSA) is 59.0 Å². The van der Waals surface area contributed by atoms with Crippen molar-refractivity contribution in [3.63, 3.8) is 0 Å². The van der Waals surface area contributed by atoms with Gasteiger partial charge in [0.2, 0.25) is 5.91 Å². The third-order valence-corrected chi connectivity index (χ3v) is 4.34. The van der Waals surface area contributed by atoms with Crippen LogP contribution in [0.4, 0.5) is 0 Å². The highest BCUT2D eigenvalue weighted by Crippen LogP contribution is 2.38. The first-order valence-corrected chi connectivity index (χ1v) is 7.54. The molecule has 1 aliphatic rings. The molecule has 0 aromatic heterocycles. The fourth-order valence-electron chi connectivity index (χ4n) is 2.07. The van der Waals surface area contributed by atoms with Crippen LogP contribution in [0.1, 0.15) is 10.9 Å². The summed E-state index contributed by atoms with van der Waals surface area (Å²) in [5.74, 6) is 1.43. The molecule has 5 nitrogen and oxygen atoms in total. The van der Waals surface area contributed by atoms with Gasteiger partial charge in [0.05, 0.1) is 32.7 Å². The maximum Gasteiger partial charge on any atom is 0.233 e. The van der Waals surface area contributed by atoms with Gasteiger partial charge in [-0.1, -0.05) is 12.1 Å². The standard InChI is InChI=1S/C14H19NO4S/c1-18-12-4-2-11(3-5-12)14-15(13(17)10-20-14)6-8-19-9-7-16/h2-5,14,16H,6-10H2,1H3. The van der Waals surface area contributed by atoms with Crippen molar-refractivity contribution in [3.05, 3.63) is 29.8 Å². The van der Waals surface area contributed by atoms with Gasteiger partial charge in [-0.15, -0.1) is 11.8 Å². The van der Waals surface area contributed by atoms with Crippen molar-refractivity contribution < 1.29 is 19.4 Å². The minimum absolute atomic E-state index is 0.00457. The number of hydrogen-bond acceptors (Lipinski definition) is 5. The summed E-state index contributed by atoms with van der Waals surface area (Å²) in [6, 6.07) is 7.77. The maximum absolute atomic E-state index is 11.9. The van der Waals surface area contributed by atoms with E-state index in [4.69, 9.17) is 14.6 Å². The minimum Gasteiger partial charge on any atom is -0.497 e. The zero-order valence-corrected chi connectivity index (χ0v) is 12.3. The summed E-state index contributed by atoms with van der Waals surface area (Å²) in [5, 5.41) is 8.70. The van der Waals surface area contributed by atoms with Crippen LogP contribution in [0.3, 0.4) is 0 Å². The second-order valence-corrected chi connectivity index (χ2v) is 5.43. The Labute approximate surface area is 122 Å². The molecule has 1 aromatic carbocycles. The summed E-state index contributed by atoms with van der Waals surface area (Å²) in [4.78, 5) is 13.7. The second kappa shape index (κ2) is 7.52. The molecule has 20 heavy (non-hydrogen) atoms. The lowest BCUT2D eigenvalue weighted by Gasteiger charge is -2.24. The summed E-state index contributed by atoms with van der Waals surface area (Å²) in [6.07, 6.45) is 0. The number of nitrogens with zero attached hydrogens (tertiary/aromatic N) is 1. The lowest BCUT2D eigenvalue weighted by Crippen LogP contribution is -2.31. The molecule has 1 unspecified atom stereocenters. The first-order chi connectivity index (χ1) is 9.76. The molecule has 0 bridgehead atoms. The minimum atomic E-state index is 0.00457. The Bertz CT molecular complexity index is 437. The summed E-state index contributed by atoms with van der Waals surface area (Å²) < 4.78 is 10.4. The van der Waals surface area contributed by atoms with Gasteiger partial charge in [0.1, 0.15) is 11.1 Å². The van der Waals surface area contributed by atoms with Crippen molar-refractivity contribution in [2.24, 2.45) is 0 Å². The van der Waals surface area contributed by atoms with Gasteiger partial charge in [0, 0.05) is 6.54 Å². The van der Waals surface area contributed by atoms with Crippen molar-refractivity contribution in [1.82, 2.24) is 4.90 Å². The average molecular weight is 297 g/mol. The first-order valence-electron chi connectivity index (χ1n) is 6.50. The number of aliphatic hydroxyl groups excluding tert-OH is 1. The van der Waals surface area contributed by atoms with Gasteiger partial charge in [-0.25, -0.2) is 0 Å². The van der Waals surface area contributed by atoms with Crippen molar-refractivity contribution in [3.8, 4) is 5.75 Å². The molecule has 0 aliphatic carbocycles. The molecule has 1 aliphatic heterocycles. The second-order valence-electron chi connectivity index (χ2n) is 4.36. The predicted octanol–water partition coefficient (Wildman–Crippen LogP) is 1.28. The number of ether oxygens (including phenoxy) is 2. The molecule has 0 radical (unpaired) electrons. The van der Waals surface area contributed by atoms with E-state index < -0.39 is 0 Å². The van der Waals surface area contributed by atoms with Crippen LogP contribution < -0.4 is 4.74 Å². The molecule has 0 saturated carbocycles. The molecule has 2 rings (SSSR count). The normalized spacial score (nSPS) is 18.6. The third kappa shape index (κ3) is 3.65. The van der Waals surface area contributed by atoms with Crippen LogP contribution in [0.2, 0.25) is 0 Å². The van der Waals surface area contributed by atoms with E-state index in [-0.39, 0.29) is 17.9 Å². The lowest BCUT2D eigenvalue weighted by molar-refractivity contribution is -0.128. The number of rotatable bonds is 7. The lowest BCUT2D eigenvalue weighted by atomic mass is 10.2.